The number of Topliss-reactive ketones (excluding diaryl/α,β-unsaturated/α-hetero) is 1. The molecule has 0 unspecified atom stereocenters. The van der Waals surface area contributed by atoms with Crippen molar-refractivity contribution in [2.75, 3.05) is 13.1 Å². The number of hydrogen-bond donors (Lipinski definition) is 1. The van der Waals surface area contributed by atoms with Gasteiger partial charge in [0.1, 0.15) is 5.78 Å². The van der Waals surface area contributed by atoms with Gasteiger partial charge in [-0.05, 0) is 13.3 Å². The summed E-state index contributed by atoms with van der Waals surface area (Å²) in [4.78, 5) is 11.2. The number of ketones is 1. The van der Waals surface area contributed by atoms with Crippen LogP contribution < -0.4 is 5.32 Å². The zero-order valence-electron chi connectivity index (χ0n) is 7.02. The van der Waals surface area contributed by atoms with E-state index in [1.54, 1.807) is 0 Å². The Bertz CT molecular complexity index is 170. The molecule has 1 aliphatic rings. The van der Waals surface area contributed by atoms with Gasteiger partial charge < -0.3 is 5.32 Å². The van der Waals surface area contributed by atoms with Crippen molar-refractivity contribution >= 4 is 5.78 Å². The molecular weight excluding hydrogens is 138 g/mol. The summed E-state index contributed by atoms with van der Waals surface area (Å²) in [5, 5.41) is 3.09. The molecule has 1 saturated heterocycles. The second kappa shape index (κ2) is 3.67. The Morgan fingerprint density at radius 1 is 1.55 bits per heavy atom. The molecule has 1 aliphatic heterocycles. The van der Waals surface area contributed by atoms with Crippen molar-refractivity contribution in [1.29, 1.82) is 0 Å². The fourth-order valence-corrected chi connectivity index (χ4v) is 1.06. The lowest BCUT2D eigenvalue weighted by Gasteiger charge is -2.25. The van der Waals surface area contributed by atoms with Crippen molar-refractivity contribution in [3.05, 3.63) is 12.2 Å². The van der Waals surface area contributed by atoms with Crippen LogP contribution in [0, 0.1) is 5.92 Å². The lowest BCUT2D eigenvalue weighted by Crippen LogP contribution is -2.46. The first-order valence-electron chi connectivity index (χ1n) is 4.08. The maximum atomic E-state index is 11.2. The number of hydrogen-bond acceptors (Lipinski definition) is 2. The van der Waals surface area contributed by atoms with Crippen molar-refractivity contribution in [3.63, 3.8) is 0 Å². The fourth-order valence-electron chi connectivity index (χ4n) is 1.06. The maximum absolute atomic E-state index is 11.2. The lowest BCUT2D eigenvalue weighted by molar-refractivity contribution is -0.124. The summed E-state index contributed by atoms with van der Waals surface area (Å²) in [7, 11) is 0. The molecule has 0 aromatic rings. The van der Waals surface area contributed by atoms with Crippen molar-refractivity contribution in [2.24, 2.45) is 5.92 Å². The molecule has 0 aliphatic carbocycles. The Balaban J connectivity index is 2.15. The first-order chi connectivity index (χ1) is 5.20. The molecule has 0 aromatic carbocycles. The van der Waals surface area contributed by atoms with Gasteiger partial charge in [0.15, 0.2) is 0 Å². The third kappa shape index (κ3) is 2.46. The molecule has 0 spiro atoms. The van der Waals surface area contributed by atoms with Crippen LogP contribution in [-0.4, -0.2) is 18.9 Å². The Hall–Kier alpha value is -0.630. The van der Waals surface area contributed by atoms with Crippen LogP contribution in [0.1, 0.15) is 19.8 Å². The van der Waals surface area contributed by atoms with Crippen LogP contribution in [0.15, 0.2) is 12.2 Å². The number of rotatable bonds is 4. The molecule has 0 aromatic heterocycles. The average molecular weight is 153 g/mol. The number of nitrogens with one attached hydrogen (secondary N) is 1. The molecule has 11 heavy (non-hydrogen) atoms. The summed E-state index contributed by atoms with van der Waals surface area (Å²) >= 11 is 0. The smallest absolute Gasteiger partial charge is 0.138 e. The Labute approximate surface area is 67.7 Å². The molecule has 1 N–H and O–H groups in total. The highest BCUT2D eigenvalue weighted by molar-refractivity contribution is 5.82. The third-order valence-corrected chi connectivity index (χ3v) is 2.03. The summed E-state index contributed by atoms with van der Waals surface area (Å²) < 4.78 is 0. The summed E-state index contributed by atoms with van der Waals surface area (Å²) in [6.45, 7) is 7.49. The molecular formula is C9H15NO. The van der Waals surface area contributed by atoms with E-state index in [1.807, 2.05) is 6.92 Å². The molecule has 62 valence electrons. The normalized spacial score (nSPS) is 17.5. The van der Waals surface area contributed by atoms with E-state index in [4.69, 9.17) is 0 Å². The topological polar surface area (TPSA) is 29.1 Å². The quantitative estimate of drug-likeness (QED) is 0.613. The molecule has 0 saturated carbocycles. The van der Waals surface area contributed by atoms with Crippen LogP contribution in [0.5, 0.6) is 0 Å². The van der Waals surface area contributed by atoms with Crippen LogP contribution in [0.4, 0.5) is 0 Å². The summed E-state index contributed by atoms with van der Waals surface area (Å²) in [6.07, 6.45) is 1.54. The van der Waals surface area contributed by atoms with Crippen LogP contribution in [0.2, 0.25) is 0 Å². The van der Waals surface area contributed by atoms with E-state index in [1.165, 1.54) is 0 Å². The molecule has 1 fully saturated rings. The monoisotopic (exact) mass is 153 g/mol. The molecule has 0 amide bonds. The van der Waals surface area contributed by atoms with Gasteiger partial charge in [-0.15, -0.1) is 6.58 Å². The molecule has 1 heterocycles. The minimum absolute atomic E-state index is 0.300. The summed E-state index contributed by atoms with van der Waals surface area (Å²) in [5.74, 6) is 0.695. The molecule has 2 nitrogen and oxygen atoms in total. The van der Waals surface area contributed by atoms with E-state index in [0.29, 0.717) is 18.1 Å². The highest BCUT2D eigenvalue weighted by Gasteiger charge is 2.23. The van der Waals surface area contributed by atoms with Crippen molar-refractivity contribution in [1.82, 2.24) is 5.32 Å². The van der Waals surface area contributed by atoms with E-state index < -0.39 is 0 Å². The van der Waals surface area contributed by atoms with Gasteiger partial charge in [0.05, 0.1) is 0 Å². The van der Waals surface area contributed by atoms with Crippen molar-refractivity contribution in [3.8, 4) is 0 Å². The molecule has 1 rings (SSSR count). The Morgan fingerprint density at radius 3 is 2.55 bits per heavy atom. The van der Waals surface area contributed by atoms with E-state index in [-0.39, 0.29) is 0 Å². The minimum atomic E-state index is 0.300. The van der Waals surface area contributed by atoms with Crippen molar-refractivity contribution in [2.45, 2.75) is 19.8 Å². The predicted octanol–water partition coefficient (Wildman–Crippen LogP) is 1.13. The minimum Gasteiger partial charge on any atom is -0.315 e. The van der Waals surface area contributed by atoms with Crippen LogP contribution in [0.25, 0.3) is 0 Å². The molecule has 2 heteroatoms. The fraction of sp³-hybridized carbons (Fsp3) is 0.667. The van der Waals surface area contributed by atoms with Gasteiger partial charge in [-0.3, -0.25) is 4.79 Å². The zero-order valence-corrected chi connectivity index (χ0v) is 7.02. The standard InChI is InChI=1S/C9H15NO/c1-7(2)3-4-9(11)8-5-10-6-8/h8,10H,1,3-6H2,2H3. The highest BCUT2D eigenvalue weighted by atomic mass is 16.1. The van der Waals surface area contributed by atoms with Gasteiger partial charge in [0.2, 0.25) is 0 Å². The zero-order chi connectivity index (χ0) is 8.27. The largest absolute Gasteiger partial charge is 0.315 e. The van der Waals surface area contributed by atoms with Crippen molar-refractivity contribution < 1.29 is 4.79 Å². The molecule has 0 radical (unpaired) electrons. The Morgan fingerprint density at radius 2 is 2.18 bits per heavy atom. The van der Waals surface area contributed by atoms with E-state index in [0.717, 1.165) is 25.1 Å². The van der Waals surface area contributed by atoms with Gasteiger partial charge in [0.25, 0.3) is 0 Å². The highest BCUT2D eigenvalue weighted by Crippen LogP contribution is 2.10. The molecule has 0 bridgehead atoms. The van der Waals surface area contributed by atoms with Gasteiger partial charge in [-0.25, -0.2) is 0 Å². The third-order valence-electron chi connectivity index (χ3n) is 2.03. The predicted molar refractivity (Wildman–Crippen MR) is 45.4 cm³/mol. The average Bonchev–Trinajstić information content (AvgIpc) is 1.79. The molecule has 0 atom stereocenters. The second-order valence-corrected chi connectivity index (χ2v) is 3.28. The first-order valence-corrected chi connectivity index (χ1v) is 4.08. The summed E-state index contributed by atoms with van der Waals surface area (Å²) in [6, 6.07) is 0. The second-order valence-electron chi connectivity index (χ2n) is 3.28. The van der Waals surface area contributed by atoms with E-state index in [2.05, 4.69) is 11.9 Å². The van der Waals surface area contributed by atoms with Gasteiger partial charge >= 0.3 is 0 Å². The summed E-state index contributed by atoms with van der Waals surface area (Å²) in [5.41, 5.74) is 1.10. The Kier molecular flexibility index (Phi) is 2.83. The van der Waals surface area contributed by atoms with Crippen LogP contribution >= 0.6 is 0 Å². The van der Waals surface area contributed by atoms with Gasteiger partial charge in [-0.1, -0.05) is 5.57 Å². The van der Waals surface area contributed by atoms with Crippen LogP contribution in [0.3, 0.4) is 0 Å². The maximum Gasteiger partial charge on any atom is 0.138 e. The van der Waals surface area contributed by atoms with Gasteiger partial charge in [0, 0.05) is 25.4 Å². The van der Waals surface area contributed by atoms with Crippen LogP contribution in [-0.2, 0) is 4.79 Å². The number of carbonyl (C=O) groups is 1. The first kappa shape index (κ1) is 8.47. The SMILES string of the molecule is C=C(C)CCC(=O)C1CNC1. The van der Waals surface area contributed by atoms with Gasteiger partial charge in [-0.2, -0.15) is 0 Å². The number of allylic oxidation sites excluding steroid dienone is 1. The lowest BCUT2D eigenvalue weighted by atomic mass is 9.94. The number of carbonyl (C=O) groups excluding carboxylic acids is 1. The van der Waals surface area contributed by atoms with E-state index in [9.17, 15) is 4.79 Å². The van der Waals surface area contributed by atoms with E-state index >= 15 is 0 Å².